The van der Waals surface area contributed by atoms with Gasteiger partial charge in [-0.25, -0.2) is 0 Å². The van der Waals surface area contributed by atoms with Crippen LogP contribution in [-0.2, 0) is 0 Å². The van der Waals surface area contributed by atoms with E-state index in [1.165, 1.54) is 21.3 Å². The van der Waals surface area contributed by atoms with E-state index in [4.69, 9.17) is 19.9 Å². The van der Waals surface area contributed by atoms with Crippen molar-refractivity contribution in [3.8, 4) is 17.2 Å². The fourth-order valence-corrected chi connectivity index (χ4v) is 1.51. The first-order valence-electron chi connectivity index (χ1n) is 4.75. The van der Waals surface area contributed by atoms with E-state index in [0.29, 0.717) is 0 Å². The Balaban J connectivity index is 3.72. The number of rotatable bonds is 5. The topological polar surface area (TPSA) is 114 Å². The molecule has 8 nitrogen and oxygen atoms in total. The fourth-order valence-electron chi connectivity index (χ4n) is 1.51. The summed E-state index contributed by atoms with van der Waals surface area (Å²) in [6.45, 7) is 0. The maximum atomic E-state index is 11.2. The van der Waals surface area contributed by atoms with Crippen LogP contribution in [0.15, 0.2) is 6.07 Å². The first-order valence-corrected chi connectivity index (χ1v) is 4.75. The number of hydrogen-bond acceptors (Lipinski definition) is 6. The van der Waals surface area contributed by atoms with Gasteiger partial charge in [-0.3, -0.25) is 14.9 Å². The van der Waals surface area contributed by atoms with E-state index < -0.39 is 16.5 Å². The molecule has 0 unspecified atom stereocenters. The molecule has 1 aromatic rings. The molecule has 0 saturated carbocycles. The third-order valence-corrected chi connectivity index (χ3v) is 2.25. The number of carbonyl (C=O) groups excluding carboxylic acids is 1. The molecule has 1 rings (SSSR count). The van der Waals surface area contributed by atoms with Crippen LogP contribution in [0.2, 0.25) is 0 Å². The van der Waals surface area contributed by atoms with Crippen molar-refractivity contribution < 1.29 is 23.9 Å². The van der Waals surface area contributed by atoms with E-state index >= 15 is 0 Å². The quantitative estimate of drug-likeness (QED) is 0.613. The third kappa shape index (κ3) is 2.12. The zero-order valence-corrected chi connectivity index (χ0v) is 10.1. The number of benzene rings is 1. The highest BCUT2D eigenvalue weighted by molar-refractivity contribution is 5.98. The molecule has 0 bridgehead atoms. The van der Waals surface area contributed by atoms with Gasteiger partial charge in [-0.2, -0.15) is 0 Å². The van der Waals surface area contributed by atoms with Gasteiger partial charge in [0, 0.05) is 6.07 Å². The second-order valence-corrected chi connectivity index (χ2v) is 3.16. The van der Waals surface area contributed by atoms with E-state index in [2.05, 4.69) is 0 Å². The average Bonchev–Trinajstić information content (AvgIpc) is 2.35. The maximum absolute atomic E-state index is 11.2. The predicted molar refractivity (Wildman–Crippen MR) is 61.3 cm³/mol. The number of nitrogens with zero attached hydrogens (tertiary/aromatic N) is 1. The second-order valence-electron chi connectivity index (χ2n) is 3.16. The minimum atomic E-state index is -0.865. The first-order chi connectivity index (χ1) is 8.47. The summed E-state index contributed by atoms with van der Waals surface area (Å²) in [5, 5.41) is 10.9. The molecule has 98 valence electrons. The molecule has 0 aliphatic carbocycles. The van der Waals surface area contributed by atoms with E-state index in [9.17, 15) is 14.9 Å². The molecule has 0 aliphatic heterocycles. The zero-order chi connectivity index (χ0) is 13.9. The van der Waals surface area contributed by atoms with E-state index in [1.807, 2.05) is 0 Å². The van der Waals surface area contributed by atoms with Crippen LogP contribution in [0.3, 0.4) is 0 Å². The largest absolute Gasteiger partial charge is 0.492 e. The van der Waals surface area contributed by atoms with Crippen molar-refractivity contribution in [2.75, 3.05) is 21.3 Å². The maximum Gasteiger partial charge on any atom is 0.315 e. The van der Waals surface area contributed by atoms with Crippen molar-refractivity contribution in [3.05, 3.63) is 21.7 Å². The number of amides is 1. The molecule has 0 aliphatic rings. The number of ether oxygens (including phenoxy) is 3. The molecular formula is C10H12N2O6. The Bertz CT molecular complexity index is 459. The molecule has 0 heterocycles. The summed E-state index contributed by atoms with van der Waals surface area (Å²) < 4.78 is 14.9. The van der Waals surface area contributed by atoms with Crippen molar-refractivity contribution in [1.82, 2.24) is 0 Å². The van der Waals surface area contributed by atoms with E-state index in [0.717, 1.165) is 6.07 Å². The third-order valence-electron chi connectivity index (χ3n) is 2.25. The summed E-state index contributed by atoms with van der Waals surface area (Å²) >= 11 is 0. The molecule has 1 aromatic carbocycles. The highest BCUT2D eigenvalue weighted by Gasteiger charge is 2.29. The molecule has 0 saturated heterocycles. The Morgan fingerprint density at radius 3 is 2.00 bits per heavy atom. The smallest absolute Gasteiger partial charge is 0.315 e. The standard InChI is InChI=1S/C10H12N2O6/c1-16-7-5(10(11)13)4-6(12(14)15)8(17-2)9(7)18-3/h4H,1-3H3,(H2,11,13). The van der Waals surface area contributed by atoms with Gasteiger partial charge in [0.05, 0.1) is 31.8 Å². The normalized spacial score (nSPS) is 9.72. The molecule has 8 heteroatoms. The van der Waals surface area contributed by atoms with Crippen LogP contribution in [0.5, 0.6) is 17.2 Å². The summed E-state index contributed by atoms with van der Waals surface area (Å²) in [5.74, 6) is -1.06. The Morgan fingerprint density at radius 2 is 1.67 bits per heavy atom. The van der Waals surface area contributed by atoms with E-state index in [-0.39, 0.29) is 22.8 Å². The summed E-state index contributed by atoms with van der Waals surface area (Å²) in [6.07, 6.45) is 0. The Hall–Kier alpha value is -2.51. The van der Waals surface area contributed by atoms with Gasteiger partial charge < -0.3 is 19.9 Å². The molecule has 0 radical (unpaired) electrons. The zero-order valence-electron chi connectivity index (χ0n) is 10.1. The monoisotopic (exact) mass is 256 g/mol. The Kier molecular flexibility index (Phi) is 3.93. The molecular weight excluding hydrogens is 244 g/mol. The lowest BCUT2D eigenvalue weighted by atomic mass is 10.1. The van der Waals surface area contributed by atoms with Gasteiger partial charge in [0.1, 0.15) is 0 Å². The number of primary amides is 1. The van der Waals surface area contributed by atoms with Crippen molar-refractivity contribution in [1.29, 1.82) is 0 Å². The number of methoxy groups -OCH3 is 3. The minimum Gasteiger partial charge on any atom is -0.492 e. The molecule has 0 atom stereocenters. The first kappa shape index (κ1) is 13.6. The van der Waals surface area contributed by atoms with Crippen LogP contribution in [0.1, 0.15) is 10.4 Å². The molecule has 2 N–H and O–H groups in total. The van der Waals surface area contributed by atoms with Crippen LogP contribution in [0.4, 0.5) is 5.69 Å². The Morgan fingerprint density at radius 1 is 1.17 bits per heavy atom. The Labute approximate surface area is 102 Å². The second kappa shape index (κ2) is 5.21. The fraction of sp³-hybridized carbons (Fsp3) is 0.300. The van der Waals surface area contributed by atoms with Gasteiger partial charge in [0.25, 0.3) is 5.91 Å². The van der Waals surface area contributed by atoms with Crippen LogP contribution < -0.4 is 19.9 Å². The van der Waals surface area contributed by atoms with Gasteiger partial charge in [-0.15, -0.1) is 0 Å². The lowest BCUT2D eigenvalue weighted by molar-refractivity contribution is -0.385. The highest BCUT2D eigenvalue weighted by atomic mass is 16.6. The van der Waals surface area contributed by atoms with E-state index in [1.54, 1.807) is 0 Å². The summed E-state index contributed by atoms with van der Waals surface area (Å²) in [4.78, 5) is 21.4. The van der Waals surface area contributed by atoms with Crippen molar-refractivity contribution in [3.63, 3.8) is 0 Å². The lowest BCUT2D eigenvalue weighted by Gasteiger charge is -2.14. The summed E-state index contributed by atoms with van der Waals surface area (Å²) in [6, 6.07) is 0.989. The average molecular weight is 256 g/mol. The molecule has 0 fully saturated rings. The van der Waals surface area contributed by atoms with Gasteiger partial charge >= 0.3 is 5.69 Å². The van der Waals surface area contributed by atoms with Crippen LogP contribution in [0, 0.1) is 10.1 Å². The lowest BCUT2D eigenvalue weighted by Crippen LogP contribution is -2.14. The molecule has 18 heavy (non-hydrogen) atoms. The SMILES string of the molecule is COc1c(C(N)=O)cc([N+](=O)[O-])c(OC)c1OC. The van der Waals surface area contributed by atoms with Gasteiger partial charge in [0.2, 0.25) is 11.5 Å². The minimum absolute atomic E-state index is 0.00699. The predicted octanol–water partition coefficient (Wildman–Crippen LogP) is 0.719. The van der Waals surface area contributed by atoms with Gasteiger partial charge in [-0.1, -0.05) is 0 Å². The number of nitro groups is 1. The van der Waals surface area contributed by atoms with Crippen molar-refractivity contribution >= 4 is 11.6 Å². The summed E-state index contributed by atoms with van der Waals surface area (Å²) in [5.41, 5.74) is 4.56. The number of carbonyl (C=O) groups is 1. The molecule has 0 aromatic heterocycles. The highest BCUT2D eigenvalue weighted by Crippen LogP contribution is 2.46. The van der Waals surface area contributed by atoms with Crippen LogP contribution >= 0.6 is 0 Å². The van der Waals surface area contributed by atoms with Crippen LogP contribution in [-0.4, -0.2) is 32.2 Å². The number of nitro benzene ring substituents is 1. The molecule has 1 amide bonds. The van der Waals surface area contributed by atoms with Gasteiger partial charge in [-0.05, 0) is 0 Å². The summed E-state index contributed by atoms with van der Waals surface area (Å²) in [7, 11) is 3.80. The number of hydrogen-bond donors (Lipinski definition) is 1. The van der Waals surface area contributed by atoms with Gasteiger partial charge in [0.15, 0.2) is 5.75 Å². The number of nitrogens with two attached hydrogens (primary N) is 1. The van der Waals surface area contributed by atoms with Crippen molar-refractivity contribution in [2.45, 2.75) is 0 Å². The molecule has 0 spiro atoms. The van der Waals surface area contributed by atoms with Crippen LogP contribution in [0.25, 0.3) is 0 Å². The van der Waals surface area contributed by atoms with Crippen molar-refractivity contribution in [2.24, 2.45) is 5.73 Å².